The van der Waals surface area contributed by atoms with Crippen LogP contribution in [-0.4, -0.2) is 107 Å². The monoisotopic (exact) mass is 860 g/mol. The first kappa shape index (κ1) is 46.8. The SMILES string of the molecule is CCn1c(-c2cnccc2COC)c2c3cc(ccc31)-c1cccc(c1)C[C@H](NC(=O)C(C(C)C)N(C)C(=O)CCN=C=NC(C)C)C(=O)N1CCC[C@H](N1)C(=O)OCC(C)(C)C2. The molecule has 0 aliphatic carbocycles. The van der Waals surface area contributed by atoms with E-state index in [1.54, 1.807) is 20.4 Å². The van der Waals surface area contributed by atoms with Gasteiger partial charge in [-0.05, 0) is 92.0 Å². The second-order valence-corrected chi connectivity index (χ2v) is 18.1. The first-order valence-electron chi connectivity index (χ1n) is 22.2. The molecule has 6 bridgehead atoms. The van der Waals surface area contributed by atoms with E-state index in [2.05, 4.69) is 87.4 Å². The van der Waals surface area contributed by atoms with Crippen LogP contribution in [0.15, 0.2) is 70.9 Å². The number of carbonyl (C=O) groups excluding carboxylic acids is 4. The van der Waals surface area contributed by atoms with Crippen LogP contribution in [0.1, 0.15) is 84.4 Å². The molecule has 0 radical (unpaired) electrons. The molecule has 14 nitrogen and oxygen atoms in total. The summed E-state index contributed by atoms with van der Waals surface area (Å²) in [5.41, 5.74) is 10.7. The maximum absolute atomic E-state index is 14.6. The predicted molar refractivity (Wildman–Crippen MR) is 245 cm³/mol. The number of likely N-dealkylation sites (N-methyl/N-ethyl adjacent to an activating group) is 1. The average Bonchev–Trinajstić information content (AvgIpc) is 3.56. The highest BCUT2D eigenvalue weighted by molar-refractivity contribution is 5.96. The summed E-state index contributed by atoms with van der Waals surface area (Å²) in [6.07, 6.45) is 5.58. The maximum Gasteiger partial charge on any atom is 0.324 e. The largest absolute Gasteiger partial charge is 0.464 e. The number of ether oxygens (including phenoxy) is 2. The number of cyclic esters (lactones) is 1. The van der Waals surface area contributed by atoms with Crippen LogP contribution in [0.4, 0.5) is 0 Å². The molecular weight excluding hydrogens is 797 g/mol. The third kappa shape index (κ3) is 11.1. The van der Waals surface area contributed by atoms with Gasteiger partial charge < -0.3 is 24.3 Å². The fraction of sp³-hybridized carbons (Fsp3) is 0.510. The number of aryl methyl sites for hydroxylation is 1. The van der Waals surface area contributed by atoms with E-state index in [-0.39, 0.29) is 49.8 Å². The van der Waals surface area contributed by atoms with Crippen LogP contribution < -0.4 is 10.7 Å². The van der Waals surface area contributed by atoms with Crippen molar-refractivity contribution in [3.63, 3.8) is 0 Å². The van der Waals surface area contributed by atoms with E-state index in [0.29, 0.717) is 39.0 Å². The number of esters is 1. The number of carbonyl (C=O) groups is 4. The van der Waals surface area contributed by atoms with Crippen molar-refractivity contribution in [2.75, 3.05) is 33.9 Å². The molecule has 2 aliphatic rings. The number of hydrazine groups is 1. The zero-order chi connectivity index (χ0) is 45.4. The lowest BCUT2D eigenvalue weighted by Gasteiger charge is -2.36. The summed E-state index contributed by atoms with van der Waals surface area (Å²) < 4.78 is 14.1. The van der Waals surface area contributed by atoms with Crippen LogP contribution in [0.5, 0.6) is 0 Å². The van der Waals surface area contributed by atoms with Gasteiger partial charge in [-0.25, -0.2) is 15.4 Å². The minimum absolute atomic E-state index is 0.0422. The minimum Gasteiger partial charge on any atom is -0.464 e. The average molecular weight is 861 g/mol. The number of benzene rings is 2. The van der Waals surface area contributed by atoms with E-state index in [1.165, 1.54) is 9.91 Å². The number of nitrogens with one attached hydrogen (secondary N) is 2. The molecule has 0 spiro atoms. The zero-order valence-corrected chi connectivity index (χ0v) is 38.4. The fourth-order valence-corrected chi connectivity index (χ4v) is 8.72. The number of rotatable bonds is 12. The molecule has 3 amide bonds. The Morgan fingerprint density at radius 3 is 2.62 bits per heavy atom. The van der Waals surface area contributed by atoms with Gasteiger partial charge in [-0.3, -0.25) is 29.2 Å². The molecule has 1 unspecified atom stereocenters. The standard InChI is InChI=1S/C49H64N8O6/c1-10-56-42-17-16-35-25-37(42)38(45(56)39-27-50-20-18-36(39)28-62-9)26-49(6,7)29-63-48(61)40-15-12-22-57(54-40)47(60)41(24-33-13-11-14-34(35)23-33)53-46(59)44(31(2)3)55(8)43(58)19-21-51-30-52-32(4)5/h11,13-14,16-18,20,23,25,27,31-32,40-41,44,54H,10,12,15,19,21-22,24,26,28-29H2,1-9H3,(H,53,59)/t40-,41-,44?/m0/s1. The fourth-order valence-electron chi connectivity index (χ4n) is 8.72. The van der Waals surface area contributed by atoms with Crippen molar-refractivity contribution >= 4 is 40.6 Å². The van der Waals surface area contributed by atoms with Gasteiger partial charge in [0.1, 0.15) is 18.1 Å². The Hall–Kier alpha value is -5.69. The van der Waals surface area contributed by atoms with Crippen molar-refractivity contribution in [1.29, 1.82) is 0 Å². The Labute approximate surface area is 371 Å². The van der Waals surface area contributed by atoms with E-state index in [9.17, 15) is 19.2 Å². The van der Waals surface area contributed by atoms with Crippen molar-refractivity contribution in [1.82, 2.24) is 30.2 Å². The highest BCUT2D eigenvalue weighted by Gasteiger charge is 2.37. The van der Waals surface area contributed by atoms with Crippen molar-refractivity contribution in [3.05, 3.63) is 77.6 Å². The Bertz CT molecular complexity index is 2360. The van der Waals surface area contributed by atoms with Gasteiger partial charge >= 0.3 is 5.97 Å². The van der Waals surface area contributed by atoms with Gasteiger partial charge in [-0.15, -0.1) is 0 Å². The lowest BCUT2D eigenvalue weighted by molar-refractivity contribution is -0.155. The lowest BCUT2D eigenvalue weighted by atomic mass is 9.84. The smallest absolute Gasteiger partial charge is 0.324 e. The molecule has 14 heteroatoms. The summed E-state index contributed by atoms with van der Waals surface area (Å²) in [5.74, 6) is -1.81. The Kier molecular flexibility index (Phi) is 15.3. The second kappa shape index (κ2) is 20.7. The Morgan fingerprint density at radius 2 is 1.89 bits per heavy atom. The molecule has 63 heavy (non-hydrogen) atoms. The molecule has 4 heterocycles. The number of aliphatic imine (C=N–C) groups is 2. The summed E-state index contributed by atoms with van der Waals surface area (Å²) in [5, 5.41) is 5.57. The number of hydrogen-bond acceptors (Lipinski definition) is 10. The highest BCUT2D eigenvalue weighted by Crippen LogP contribution is 2.41. The second-order valence-electron chi connectivity index (χ2n) is 18.1. The summed E-state index contributed by atoms with van der Waals surface area (Å²) in [6, 6.07) is 16.6. The Morgan fingerprint density at radius 1 is 1.11 bits per heavy atom. The van der Waals surface area contributed by atoms with Gasteiger partial charge in [0.15, 0.2) is 0 Å². The van der Waals surface area contributed by atoms with Crippen molar-refractivity contribution in [3.8, 4) is 22.4 Å². The molecule has 6 rings (SSSR count). The molecule has 2 aliphatic heterocycles. The number of fused-ring (bicyclic) bond motifs is 6. The van der Waals surface area contributed by atoms with Crippen LogP contribution in [0, 0.1) is 11.3 Å². The molecule has 0 saturated carbocycles. The van der Waals surface area contributed by atoms with Gasteiger partial charge in [0.2, 0.25) is 11.8 Å². The summed E-state index contributed by atoms with van der Waals surface area (Å²) in [6.45, 7) is 15.7. The number of hydrogen-bond donors (Lipinski definition) is 2. The third-order valence-corrected chi connectivity index (χ3v) is 11.8. The molecule has 2 aromatic carbocycles. The summed E-state index contributed by atoms with van der Waals surface area (Å²) in [4.78, 5) is 70.3. The molecular formula is C49H64N8O6. The van der Waals surface area contributed by atoms with Gasteiger partial charge in [0, 0.05) is 74.4 Å². The van der Waals surface area contributed by atoms with Crippen LogP contribution in [0.3, 0.4) is 0 Å². The zero-order valence-electron chi connectivity index (χ0n) is 38.4. The van der Waals surface area contributed by atoms with Gasteiger partial charge in [0.25, 0.3) is 5.91 Å². The van der Waals surface area contributed by atoms with Crippen LogP contribution in [0.2, 0.25) is 0 Å². The number of pyridine rings is 1. The predicted octanol–water partition coefficient (Wildman–Crippen LogP) is 6.64. The molecule has 1 fully saturated rings. The number of methoxy groups -OCH3 is 1. The molecule has 2 N–H and O–H groups in total. The molecule has 4 aromatic rings. The Balaban J connectivity index is 1.41. The van der Waals surface area contributed by atoms with Gasteiger partial charge in [0.05, 0.1) is 37.5 Å². The van der Waals surface area contributed by atoms with Gasteiger partial charge in [-0.1, -0.05) is 58.0 Å². The minimum atomic E-state index is -1.02. The first-order chi connectivity index (χ1) is 30.1. The van der Waals surface area contributed by atoms with E-state index >= 15 is 0 Å². The van der Waals surface area contributed by atoms with E-state index in [4.69, 9.17) is 9.47 Å². The molecule has 336 valence electrons. The number of amides is 3. The third-order valence-electron chi connectivity index (χ3n) is 11.8. The molecule has 2 aromatic heterocycles. The number of aromatic nitrogens is 2. The topological polar surface area (TPSA) is 160 Å². The first-order valence-corrected chi connectivity index (χ1v) is 22.2. The lowest BCUT2D eigenvalue weighted by Crippen LogP contribution is -2.62. The van der Waals surface area contributed by atoms with E-state index in [1.807, 2.05) is 52.1 Å². The van der Waals surface area contributed by atoms with Crippen LogP contribution in [0.25, 0.3) is 33.3 Å². The van der Waals surface area contributed by atoms with Crippen molar-refractivity contribution in [2.24, 2.45) is 21.3 Å². The van der Waals surface area contributed by atoms with Crippen molar-refractivity contribution < 1.29 is 28.7 Å². The van der Waals surface area contributed by atoms with E-state index < -0.39 is 35.4 Å². The quantitative estimate of drug-likeness (QED) is 0.119. The maximum atomic E-state index is 14.6. The highest BCUT2D eigenvalue weighted by atomic mass is 16.5. The molecule has 1 saturated heterocycles. The summed E-state index contributed by atoms with van der Waals surface area (Å²) >= 11 is 0. The van der Waals surface area contributed by atoms with Crippen molar-refractivity contribution in [2.45, 2.75) is 118 Å². The van der Waals surface area contributed by atoms with E-state index in [0.717, 1.165) is 50.0 Å². The number of nitrogens with zero attached hydrogens (tertiary/aromatic N) is 6. The van der Waals surface area contributed by atoms with Crippen LogP contribution >= 0.6 is 0 Å². The van der Waals surface area contributed by atoms with Crippen LogP contribution in [-0.2, 0) is 54.6 Å². The summed E-state index contributed by atoms with van der Waals surface area (Å²) in [7, 11) is 3.30. The van der Waals surface area contributed by atoms with Gasteiger partial charge in [-0.2, -0.15) is 0 Å². The normalized spacial score (nSPS) is 18.4. The molecule has 3 atom stereocenters.